The first kappa shape index (κ1) is 41.6. The Morgan fingerprint density at radius 2 is 1.59 bits per heavy atom. The van der Waals surface area contributed by atoms with Gasteiger partial charge in [0.05, 0.1) is 25.0 Å². The smallest absolute Gasteiger partial charge is 0.255 e. The maximum Gasteiger partial charge on any atom is 0.255 e. The van der Waals surface area contributed by atoms with Gasteiger partial charge in [0, 0.05) is 87.2 Å². The molecule has 4 aliphatic heterocycles. The minimum absolute atomic E-state index is 0.0955. The van der Waals surface area contributed by atoms with Gasteiger partial charge >= 0.3 is 0 Å². The van der Waals surface area contributed by atoms with Crippen LogP contribution in [0.5, 0.6) is 0 Å². The second kappa shape index (κ2) is 17.9. The Morgan fingerprint density at radius 1 is 0.841 bits per heavy atom. The molecule has 0 radical (unpaired) electrons. The number of halogens is 2. The van der Waals surface area contributed by atoms with Crippen LogP contribution in [0.1, 0.15) is 40.4 Å². The van der Waals surface area contributed by atoms with Crippen molar-refractivity contribution in [2.45, 2.75) is 31.5 Å². The fourth-order valence-corrected chi connectivity index (χ4v) is 9.10. The molecule has 18 heteroatoms. The number of piperidine rings is 1. The molecule has 3 fully saturated rings. The molecule has 3 aromatic carbocycles. The van der Waals surface area contributed by atoms with Gasteiger partial charge in [-0.05, 0) is 71.6 Å². The minimum atomic E-state index is -1.23. The molecular weight excluding hydrogens is 831 g/mol. The van der Waals surface area contributed by atoms with Gasteiger partial charge in [-0.2, -0.15) is 0 Å². The van der Waals surface area contributed by atoms with E-state index in [9.17, 15) is 28.4 Å². The highest BCUT2D eigenvalue weighted by Gasteiger charge is 2.40. The van der Waals surface area contributed by atoms with Crippen molar-refractivity contribution in [2.75, 3.05) is 79.3 Å². The summed E-state index contributed by atoms with van der Waals surface area (Å²) in [5, 5.41) is 10.2. The number of fused-ring (bicyclic) bond motifs is 1. The number of piperazine rings is 2. The van der Waals surface area contributed by atoms with Crippen molar-refractivity contribution in [1.29, 1.82) is 0 Å². The molecule has 2 aromatic heterocycles. The number of nitrogens with zero attached hydrogens (tertiary/aromatic N) is 7. The summed E-state index contributed by atoms with van der Waals surface area (Å²) in [7, 11) is 0. The Hall–Kier alpha value is -6.79. The van der Waals surface area contributed by atoms with Crippen LogP contribution in [0.15, 0.2) is 90.6 Å². The highest BCUT2D eigenvalue weighted by molar-refractivity contribution is 7.13. The summed E-state index contributed by atoms with van der Waals surface area (Å²) < 4.78 is 30.2. The molecule has 3 N–H and O–H groups in total. The maximum atomic E-state index is 15.8. The van der Waals surface area contributed by atoms with Crippen LogP contribution in [0.25, 0.3) is 11.1 Å². The van der Waals surface area contributed by atoms with E-state index in [0.29, 0.717) is 67.6 Å². The lowest BCUT2D eigenvalue weighted by atomic mass is 9.99. The third-order valence-corrected chi connectivity index (χ3v) is 12.7. The van der Waals surface area contributed by atoms with Crippen molar-refractivity contribution >= 4 is 63.2 Å². The maximum absolute atomic E-state index is 15.8. The molecular formula is C45H44F2N10O5S. The van der Waals surface area contributed by atoms with Gasteiger partial charge < -0.3 is 24.9 Å². The highest BCUT2D eigenvalue weighted by Crippen LogP contribution is 2.37. The lowest BCUT2D eigenvalue weighted by molar-refractivity contribution is -0.134. The Morgan fingerprint density at radius 3 is 2.29 bits per heavy atom. The number of imide groups is 1. The van der Waals surface area contributed by atoms with Crippen LogP contribution >= 0.6 is 11.3 Å². The van der Waals surface area contributed by atoms with E-state index in [1.54, 1.807) is 23.7 Å². The number of thiazole rings is 1. The fourth-order valence-electron chi connectivity index (χ4n) is 8.57. The van der Waals surface area contributed by atoms with Crippen molar-refractivity contribution in [1.82, 2.24) is 30.0 Å². The van der Waals surface area contributed by atoms with Crippen molar-refractivity contribution in [3.05, 3.63) is 119 Å². The summed E-state index contributed by atoms with van der Waals surface area (Å²) in [6, 6.07) is 18.2. The van der Waals surface area contributed by atoms with Crippen LogP contribution in [0.3, 0.4) is 0 Å². The Kier molecular flexibility index (Phi) is 11.8. The summed E-state index contributed by atoms with van der Waals surface area (Å²) in [5.41, 5.74) is 3.70. The van der Waals surface area contributed by atoms with E-state index in [1.165, 1.54) is 46.7 Å². The van der Waals surface area contributed by atoms with E-state index in [4.69, 9.17) is 0 Å². The van der Waals surface area contributed by atoms with Crippen LogP contribution < -0.4 is 25.8 Å². The van der Waals surface area contributed by atoms with Crippen LogP contribution in [0.4, 0.5) is 31.1 Å². The molecule has 3 saturated heterocycles. The van der Waals surface area contributed by atoms with Crippen molar-refractivity contribution in [3.8, 4) is 11.1 Å². The van der Waals surface area contributed by atoms with Crippen molar-refractivity contribution in [3.63, 3.8) is 0 Å². The lowest BCUT2D eigenvalue weighted by Gasteiger charge is -2.39. The molecule has 0 spiro atoms. The molecule has 6 heterocycles. The summed E-state index contributed by atoms with van der Waals surface area (Å²) in [4.78, 5) is 82.8. The van der Waals surface area contributed by atoms with Gasteiger partial charge in [-0.1, -0.05) is 24.3 Å². The molecule has 63 heavy (non-hydrogen) atoms. The van der Waals surface area contributed by atoms with E-state index in [2.05, 4.69) is 40.6 Å². The number of hydrogen-bond donors (Lipinski definition) is 3. The van der Waals surface area contributed by atoms with E-state index in [0.717, 1.165) is 37.6 Å². The number of hydrogen-bond acceptors (Lipinski definition) is 12. The van der Waals surface area contributed by atoms with E-state index >= 15 is 4.39 Å². The Balaban J connectivity index is 0.768. The Bertz CT molecular complexity index is 2530. The molecule has 5 amide bonds. The molecule has 4 aliphatic rings. The highest BCUT2D eigenvalue weighted by atomic mass is 32.1. The average Bonchev–Trinajstić information content (AvgIpc) is 3.93. The average molecular weight is 875 g/mol. The number of benzene rings is 3. The normalized spacial score (nSPS) is 18.6. The molecule has 0 saturated carbocycles. The van der Waals surface area contributed by atoms with Gasteiger partial charge in [0.2, 0.25) is 17.7 Å². The van der Waals surface area contributed by atoms with Crippen LogP contribution in [0, 0.1) is 11.6 Å². The number of amides is 5. The van der Waals surface area contributed by atoms with Crippen molar-refractivity contribution in [2.24, 2.45) is 0 Å². The zero-order chi connectivity index (χ0) is 43.6. The first-order chi connectivity index (χ1) is 30.6. The summed E-state index contributed by atoms with van der Waals surface area (Å²) in [5.74, 6) is -2.20. The molecule has 15 nitrogen and oxygen atoms in total. The first-order valence-electron chi connectivity index (χ1n) is 20.8. The number of aromatic nitrogens is 2. The molecule has 9 rings (SSSR count). The number of carbonyl (C=O) groups is 5. The standard InChI is InChI=1S/C45H44F2N10O5S/c46-31-3-1-2-29(22-31)41(43(61)52-45-48-12-21-63-45)57-26-35-34(44(57)62)23-30(24-36(35)47)28-4-6-32(7-5-28)54-17-19-56(20-18-54)40(59)27-53-13-15-55(16-14-53)33-8-10-38(49-25-33)50-37-9-11-39(58)51-42(37)60/h1-8,10,12,21-25,37,41H,9,11,13-20,26-27H2,(H,49,50)(H,48,52,61)(H,51,58,60). The molecule has 0 bridgehead atoms. The van der Waals surface area contributed by atoms with Crippen LogP contribution in [-0.4, -0.2) is 119 Å². The molecule has 324 valence electrons. The van der Waals surface area contributed by atoms with Crippen LogP contribution in [-0.2, 0) is 25.7 Å². The number of carbonyl (C=O) groups excluding carboxylic acids is 5. The van der Waals surface area contributed by atoms with E-state index in [-0.39, 0.29) is 41.0 Å². The second-order valence-electron chi connectivity index (χ2n) is 15.9. The van der Waals surface area contributed by atoms with Gasteiger partial charge in [0.1, 0.15) is 29.5 Å². The minimum Gasteiger partial charge on any atom is -0.368 e. The van der Waals surface area contributed by atoms with Gasteiger partial charge in [-0.15, -0.1) is 11.3 Å². The summed E-state index contributed by atoms with van der Waals surface area (Å²) in [6.07, 6.45) is 4.02. The molecule has 5 aromatic rings. The second-order valence-corrected chi connectivity index (χ2v) is 16.8. The monoisotopic (exact) mass is 874 g/mol. The molecule has 2 atom stereocenters. The number of rotatable bonds is 11. The SMILES string of the molecule is O=C1CCC(Nc2ccc(N3CCN(CC(=O)N4CCN(c5ccc(-c6cc(F)c7c(c6)C(=O)N(C(C(=O)Nc6nccs6)c6cccc(F)c6)C7)cc5)CC4)CC3)cn2)C(=O)N1. The number of nitrogens with one attached hydrogen (secondary N) is 3. The summed E-state index contributed by atoms with van der Waals surface area (Å²) in [6.45, 7) is 5.60. The quantitative estimate of drug-likeness (QED) is 0.160. The largest absolute Gasteiger partial charge is 0.368 e. The van der Waals surface area contributed by atoms with Crippen LogP contribution in [0.2, 0.25) is 0 Å². The summed E-state index contributed by atoms with van der Waals surface area (Å²) >= 11 is 1.20. The molecule has 2 unspecified atom stereocenters. The predicted octanol–water partition coefficient (Wildman–Crippen LogP) is 4.51. The number of pyridine rings is 1. The topological polar surface area (TPSA) is 163 Å². The van der Waals surface area contributed by atoms with Gasteiger partial charge in [-0.3, -0.25) is 39.5 Å². The lowest BCUT2D eigenvalue weighted by Crippen LogP contribution is -2.54. The third kappa shape index (κ3) is 9.08. The van der Waals surface area contributed by atoms with Crippen molar-refractivity contribution < 1.29 is 32.8 Å². The fraction of sp³-hybridized carbons (Fsp3) is 0.311. The zero-order valence-corrected chi connectivity index (χ0v) is 35.0. The zero-order valence-electron chi connectivity index (χ0n) is 34.1. The van der Waals surface area contributed by atoms with Gasteiger partial charge in [0.15, 0.2) is 5.13 Å². The van der Waals surface area contributed by atoms with Gasteiger partial charge in [0.25, 0.3) is 11.8 Å². The number of anilines is 4. The molecule has 0 aliphatic carbocycles. The Labute approximate surface area is 365 Å². The predicted molar refractivity (Wildman–Crippen MR) is 233 cm³/mol. The van der Waals surface area contributed by atoms with Gasteiger partial charge in [-0.25, -0.2) is 18.7 Å². The van der Waals surface area contributed by atoms with E-state index < -0.39 is 35.5 Å². The first-order valence-corrected chi connectivity index (χ1v) is 21.7. The third-order valence-electron chi connectivity index (χ3n) is 12.0. The van der Waals surface area contributed by atoms with E-state index in [1.807, 2.05) is 41.3 Å².